The highest BCUT2D eigenvalue weighted by atomic mass is 19.3. The van der Waals surface area contributed by atoms with Gasteiger partial charge in [-0.2, -0.15) is 0 Å². The Morgan fingerprint density at radius 2 is 1.82 bits per heavy atom. The molecule has 0 saturated carbocycles. The molecular formula is C16H13F2NO3. The van der Waals surface area contributed by atoms with Crippen LogP contribution in [0.1, 0.15) is 21.5 Å². The van der Waals surface area contributed by atoms with E-state index in [0.717, 1.165) is 11.1 Å². The van der Waals surface area contributed by atoms with E-state index in [1.165, 1.54) is 18.2 Å². The van der Waals surface area contributed by atoms with Gasteiger partial charge >= 0.3 is 6.29 Å². The van der Waals surface area contributed by atoms with Gasteiger partial charge in [-0.3, -0.25) is 4.79 Å². The van der Waals surface area contributed by atoms with Gasteiger partial charge in [-0.1, -0.05) is 12.1 Å². The molecule has 1 N–H and O–H groups in total. The Morgan fingerprint density at radius 1 is 1.09 bits per heavy atom. The van der Waals surface area contributed by atoms with Crippen molar-refractivity contribution in [2.24, 2.45) is 0 Å². The first kappa shape index (κ1) is 14.3. The molecule has 1 aliphatic heterocycles. The van der Waals surface area contributed by atoms with E-state index in [2.05, 4.69) is 14.8 Å². The fraction of sp³-hybridized carbons (Fsp3) is 0.188. The predicted octanol–water partition coefficient (Wildman–Crippen LogP) is 3.88. The van der Waals surface area contributed by atoms with Crippen LogP contribution in [0.2, 0.25) is 0 Å². The lowest BCUT2D eigenvalue weighted by atomic mass is 10.0. The molecule has 2 aromatic rings. The monoisotopic (exact) mass is 305 g/mol. The lowest BCUT2D eigenvalue weighted by Gasteiger charge is -2.09. The van der Waals surface area contributed by atoms with E-state index >= 15 is 0 Å². The Balaban J connectivity index is 1.83. The summed E-state index contributed by atoms with van der Waals surface area (Å²) in [5.41, 5.74) is 2.75. The van der Waals surface area contributed by atoms with Crippen molar-refractivity contribution in [2.45, 2.75) is 20.1 Å². The van der Waals surface area contributed by atoms with Gasteiger partial charge in [0, 0.05) is 17.3 Å². The van der Waals surface area contributed by atoms with Gasteiger partial charge in [0.25, 0.3) is 5.91 Å². The maximum Gasteiger partial charge on any atom is 0.586 e. The van der Waals surface area contributed by atoms with Gasteiger partial charge in [0.05, 0.1) is 0 Å². The Kier molecular flexibility index (Phi) is 3.24. The van der Waals surface area contributed by atoms with E-state index in [-0.39, 0.29) is 17.4 Å². The van der Waals surface area contributed by atoms with E-state index in [9.17, 15) is 13.6 Å². The van der Waals surface area contributed by atoms with Crippen molar-refractivity contribution in [2.75, 3.05) is 5.32 Å². The van der Waals surface area contributed by atoms with Crippen molar-refractivity contribution in [1.82, 2.24) is 0 Å². The number of ether oxygens (including phenoxy) is 2. The van der Waals surface area contributed by atoms with Crippen molar-refractivity contribution in [3.8, 4) is 11.5 Å². The van der Waals surface area contributed by atoms with Crippen LogP contribution in [0, 0.1) is 13.8 Å². The molecule has 0 radical (unpaired) electrons. The van der Waals surface area contributed by atoms with Crippen molar-refractivity contribution in [3.63, 3.8) is 0 Å². The number of rotatable bonds is 2. The minimum absolute atomic E-state index is 0.0604. The summed E-state index contributed by atoms with van der Waals surface area (Å²) < 4.78 is 34.6. The van der Waals surface area contributed by atoms with Crippen molar-refractivity contribution in [3.05, 3.63) is 53.1 Å². The summed E-state index contributed by atoms with van der Waals surface area (Å²) in [4.78, 5) is 12.3. The van der Waals surface area contributed by atoms with Gasteiger partial charge in [-0.15, -0.1) is 8.78 Å². The molecule has 0 aliphatic carbocycles. The molecule has 0 unspecified atom stereocenters. The molecule has 3 rings (SSSR count). The van der Waals surface area contributed by atoms with Crippen LogP contribution in [0.4, 0.5) is 14.5 Å². The number of nitrogens with one attached hydrogen (secondary N) is 1. The molecule has 1 amide bonds. The Bertz CT molecular complexity index is 759. The number of hydrogen-bond donors (Lipinski definition) is 1. The number of carbonyl (C=O) groups excluding carboxylic acids is 1. The number of amides is 1. The number of fused-ring (bicyclic) bond motifs is 1. The van der Waals surface area contributed by atoms with Crippen molar-refractivity contribution in [1.29, 1.82) is 0 Å². The van der Waals surface area contributed by atoms with Crippen LogP contribution < -0.4 is 14.8 Å². The summed E-state index contributed by atoms with van der Waals surface area (Å²) in [6.07, 6.45) is -3.67. The molecular weight excluding hydrogens is 292 g/mol. The van der Waals surface area contributed by atoms with E-state index in [0.29, 0.717) is 11.3 Å². The van der Waals surface area contributed by atoms with Gasteiger partial charge < -0.3 is 14.8 Å². The smallest absolute Gasteiger partial charge is 0.395 e. The van der Waals surface area contributed by atoms with E-state index in [1.807, 2.05) is 19.9 Å². The third kappa shape index (κ3) is 2.59. The number of alkyl halides is 2. The van der Waals surface area contributed by atoms with E-state index in [1.54, 1.807) is 12.1 Å². The van der Waals surface area contributed by atoms with Crippen molar-refractivity contribution < 1.29 is 23.0 Å². The fourth-order valence-electron chi connectivity index (χ4n) is 2.22. The standard InChI is InChI=1S/C16H13F2NO3/c1-9-4-3-5-12(10(9)2)15(20)19-11-6-7-13-14(8-11)22-16(17,18)21-13/h3-8H,1-2H3,(H,19,20). The number of carbonyl (C=O) groups is 1. The Hall–Kier alpha value is -2.63. The molecule has 0 atom stereocenters. The maximum absolute atomic E-state index is 13.0. The van der Waals surface area contributed by atoms with Crippen LogP contribution in [0.15, 0.2) is 36.4 Å². The Labute approximate surface area is 125 Å². The van der Waals surface area contributed by atoms with Crippen LogP contribution in [-0.4, -0.2) is 12.2 Å². The summed E-state index contributed by atoms with van der Waals surface area (Å²) in [6.45, 7) is 3.76. The molecule has 0 bridgehead atoms. The topological polar surface area (TPSA) is 47.6 Å². The number of benzene rings is 2. The number of halogens is 2. The summed E-state index contributed by atoms with van der Waals surface area (Å²) in [5, 5.41) is 2.66. The highest BCUT2D eigenvalue weighted by Crippen LogP contribution is 2.42. The molecule has 0 saturated heterocycles. The number of aryl methyl sites for hydroxylation is 1. The molecule has 0 aromatic heterocycles. The molecule has 1 aliphatic rings. The highest BCUT2D eigenvalue weighted by Gasteiger charge is 2.43. The molecule has 0 fully saturated rings. The zero-order chi connectivity index (χ0) is 15.9. The van der Waals surface area contributed by atoms with E-state index < -0.39 is 6.29 Å². The normalized spacial score (nSPS) is 14.7. The summed E-state index contributed by atoms with van der Waals surface area (Å²) in [5.74, 6) is -0.481. The Morgan fingerprint density at radius 3 is 2.59 bits per heavy atom. The van der Waals surface area contributed by atoms with Gasteiger partial charge in [0.1, 0.15) is 0 Å². The molecule has 1 heterocycles. The minimum Gasteiger partial charge on any atom is -0.395 e. The van der Waals surface area contributed by atoms with Crippen LogP contribution >= 0.6 is 0 Å². The number of anilines is 1. The molecule has 0 spiro atoms. The quantitative estimate of drug-likeness (QED) is 0.916. The first-order valence-electron chi connectivity index (χ1n) is 6.63. The van der Waals surface area contributed by atoms with Crippen LogP contribution in [0.25, 0.3) is 0 Å². The fourth-order valence-corrected chi connectivity index (χ4v) is 2.22. The van der Waals surface area contributed by atoms with Gasteiger partial charge in [0.2, 0.25) is 0 Å². The summed E-state index contributed by atoms with van der Waals surface area (Å²) in [7, 11) is 0. The maximum atomic E-state index is 13.0. The first-order valence-corrected chi connectivity index (χ1v) is 6.63. The zero-order valence-electron chi connectivity index (χ0n) is 11.9. The molecule has 4 nitrogen and oxygen atoms in total. The predicted molar refractivity (Wildman–Crippen MR) is 76.5 cm³/mol. The third-order valence-corrected chi connectivity index (χ3v) is 3.51. The number of hydrogen-bond acceptors (Lipinski definition) is 3. The lowest BCUT2D eigenvalue weighted by molar-refractivity contribution is -0.286. The van der Waals surface area contributed by atoms with E-state index in [4.69, 9.17) is 0 Å². The molecule has 2 aromatic carbocycles. The minimum atomic E-state index is -3.67. The average Bonchev–Trinajstić information content (AvgIpc) is 2.75. The molecule has 22 heavy (non-hydrogen) atoms. The largest absolute Gasteiger partial charge is 0.586 e. The third-order valence-electron chi connectivity index (χ3n) is 3.51. The van der Waals surface area contributed by atoms with Gasteiger partial charge in [-0.25, -0.2) is 0 Å². The summed E-state index contributed by atoms with van der Waals surface area (Å²) >= 11 is 0. The highest BCUT2D eigenvalue weighted by molar-refractivity contribution is 6.05. The van der Waals surface area contributed by atoms with Gasteiger partial charge in [-0.05, 0) is 43.2 Å². The van der Waals surface area contributed by atoms with Crippen LogP contribution in [0.5, 0.6) is 11.5 Å². The lowest BCUT2D eigenvalue weighted by Crippen LogP contribution is -2.25. The molecule has 114 valence electrons. The first-order chi connectivity index (χ1) is 10.4. The summed E-state index contributed by atoms with van der Waals surface area (Å²) in [6, 6.07) is 9.52. The molecule has 6 heteroatoms. The second-order valence-corrected chi connectivity index (χ2v) is 5.03. The van der Waals surface area contributed by atoms with Crippen LogP contribution in [0.3, 0.4) is 0 Å². The SMILES string of the molecule is Cc1cccc(C(=O)Nc2ccc3c(c2)OC(F)(F)O3)c1C. The second-order valence-electron chi connectivity index (χ2n) is 5.03. The average molecular weight is 305 g/mol. The zero-order valence-corrected chi connectivity index (χ0v) is 11.9. The second kappa shape index (κ2) is 4.98. The van der Waals surface area contributed by atoms with Gasteiger partial charge in [0.15, 0.2) is 11.5 Å². The van der Waals surface area contributed by atoms with Crippen molar-refractivity contribution >= 4 is 11.6 Å². The van der Waals surface area contributed by atoms with Crippen LogP contribution in [-0.2, 0) is 0 Å².